The number of alkyl halides is 2. The summed E-state index contributed by atoms with van der Waals surface area (Å²) in [6, 6.07) is 11.9. The van der Waals surface area contributed by atoms with Crippen molar-refractivity contribution in [3.8, 4) is 5.75 Å². The van der Waals surface area contributed by atoms with Gasteiger partial charge in [-0.05, 0) is 30.3 Å². The lowest BCUT2D eigenvalue weighted by atomic mass is 10.1. The number of ether oxygens (including phenoxy) is 1. The smallest absolute Gasteiger partial charge is 0.387 e. The molecule has 2 N–H and O–H groups in total. The predicted octanol–water partition coefficient (Wildman–Crippen LogP) is 2.90. The molecule has 0 radical (unpaired) electrons. The SMILES string of the molecule is CNC(=O)c1cccc(NC(=O)c2ccccc2OC(F)F)c1. The van der Waals surface area contributed by atoms with Gasteiger partial charge in [-0.2, -0.15) is 8.78 Å². The number of carbonyl (C=O) groups is 2. The first-order chi connectivity index (χ1) is 11.0. The minimum absolute atomic E-state index is 0.0295. The van der Waals surface area contributed by atoms with E-state index in [1.54, 1.807) is 18.2 Å². The first-order valence-electron chi connectivity index (χ1n) is 6.68. The molecule has 0 aliphatic heterocycles. The Labute approximate surface area is 131 Å². The van der Waals surface area contributed by atoms with Gasteiger partial charge in [-0.15, -0.1) is 0 Å². The molecule has 0 spiro atoms. The number of para-hydroxylation sites is 1. The largest absolute Gasteiger partial charge is 0.434 e. The lowest BCUT2D eigenvalue weighted by Gasteiger charge is -2.11. The van der Waals surface area contributed by atoms with Crippen LogP contribution in [0.25, 0.3) is 0 Å². The molecule has 120 valence electrons. The number of anilines is 1. The fourth-order valence-corrected chi connectivity index (χ4v) is 1.93. The third-order valence-corrected chi connectivity index (χ3v) is 2.96. The molecule has 0 aliphatic rings. The van der Waals surface area contributed by atoms with E-state index in [1.807, 2.05) is 0 Å². The molecule has 2 amide bonds. The van der Waals surface area contributed by atoms with Crippen LogP contribution in [-0.4, -0.2) is 25.5 Å². The summed E-state index contributed by atoms with van der Waals surface area (Å²) in [6.07, 6.45) is 0. The molecule has 0 aromatic heterocycles. The third kappa shape index (κ3) is 4.26. The van der Waals surface area contributed by atoms with E-state index in [0.717, 1.165) is 0 Å². The Hall–Kier alpha value is -2.96. The highest BCUT2D eigenvalue weighted by molar-refractivity contribution is 6.06. The topological polar surface area (TPSA) is 67.4 Å². The van der Waals surface area contributed by atoms with Gasteiger partial charge in [-0.25, -0.2) is 0 Å². The van der Waals surface area contributed by atoms with Crippen LogP contribution in [-0.2, 0) is 0 Å². The lowest BCUT2D eigenvalue weighted by Crippen LogP contribution is -2.18. The molecule has 2 aromatic rings. The Bertz CT molecular complexity index is 720. The molecule has 5 nitrogen and oxygen atoms in total. The predicted molar refractivity (Wildman–Crippen MR) is 80.9 cm³/mol. The molecule has 7 heteroatoms. The molecule has 2 rings (SSSR count). The van der Waals surface area contributed by atoms with Crippen molar-refractivity contribution in [1.82, 2.24) is 5.32 Å². The molecular weight excluding hydrogens is 306 g/mol. The molecule has 0 aliphatic carbocycles. The van der Waals surface area contributed by atoms with Crippen LogP contribution in [0.1, 0.15) is 20.7 Å². The number of nitrogens with one attached hydrogen (secondary N) is 2. The maximum absolute atomic E-state index is 12.4. The number of carbonyl (C=O) groups excluding carboxylic acids is 2. The number of rotatable bonds is 5. The van der Waals surface area contributed by atoms with Gasteiger partial charge < -0.3 is 15.4 Å². The molecule has 0 bridgehead atoms. The summed E-state index contributed by atoms with van der Waals surface area (Å²) in [7, 11) is 1.49. The average Bonchev–Trinajstić information content (AvgIpc) is 2.54. The van der Waals surface area contributed by atoms with Gasteiger partial charge in [-0.1, -0.05) is 18.2 Å². The van der Waals surface area contributed by atoms with Crippen molar-refractivity contribution >= 4 is 17.5 Å². The Balaban J connectivity index is 2.21. The highest BCUT2D eigenvalue weighted by Crippen LogP contribution is 2.22. The summed E-state index contributed by atoms with van der Waals surface area (Å²) in [6.45, 7) is -3.03. The maximum atomic E-state index is 12.4. The number of halogens is 2. The van der Waals surface area contributed by atoms with Gasteiger partial charge in [0.1, 0.15) is 5.75 Å². The lowest BCUT2D eigenvalue weighted by molar-refractivity contribution is -0.0501. The highest BCUT2D eigenvalue weighted by atomic mass is 19.3. The number of hydrogen-bond acceptors (Lipinski definition) is 3. The fourth-order valence-electron chi connectivity index (χ4n) is 1.93. The number of hydrogen-bond donors (Lipinski definition) is 2. The summed E-state index contributed by atoms with van der Waals surface area (Å²) in [5.41, 5.74) is 0.698. The molecule has 0 saturated carbocycles. The molecule has 0 atom stereocenters. The zero-order valence-corrected chi connectivity index (χ0v) is 12.2. The standard InChI is InChI=1S/C16H14F2N2O3/c1-19-14(21)10-5-4-6-11(9-10)20-15(22)12-7-2-3-8-13(12)23-16(17)18/h2-9,16H,1H3,(H,19,21)(H,20,22). The Morgan fingerprint density at radius 2 is 1.78 bits per heavy atom. The van der Waals surface area contributed by atoms with Crippen LogP contribution in [0.5, 0.6) is 5.75 Å². The highest BCUT2D eigenvalue weighted by Gasteiger charge is 2.15. The van der Waals surface area contributed by atoms with E-state index < -0.39 is 12.5 Å². The van der Waals surface area contributed by atoms with Crippen molar-refractivity contribution in [2.75, 3.05) is 12.4 Å². The molecule has 0 heterocycles. The van der Waals surface area contributed by atoms with Crippen molar-refractivity contribution in [3.63, 3.8) is 0 Å². The van der Waals surface area contributed by atoms with Crippen LogP contribution in [0, 0.1) is 0 Å². The number of benzene rings is 2. The van der Waals surface area contributed by atoms with Crippen molar-refractivity contribution in [2.24, 2.45) is 0 Å². The van der Waals surface area contributed by atoms with Gasteiger partial charge >= 0.3 is 6.61 Å². The molecule has 0 fully saturated rings. The van der Waals surface area contributed by atoms with E-state index in [4.69, 9.17) is 0 Å². The Kier molecular flexibility index (Phi) is 5.24. The summed E-state index contributed by atoms with van der Waals surface area (Å²) < 4.78 is 29.1. The van der Waals surface area contributed by atoms with Gasteiger partial charge in [0.05, 0.1) is 5.56 Å². The van der Waals surface area contributed by atoms with Crippen LogP contribution in [0.4, 0.5) is 14.5 Å². The van der Waals surface area contributed by atoms with E-state index in [9.17, 15) is 18.4 Å². The number of amides is 2. The van der Waals surface area contributed by atoms with Gasteiger partial charge in [0, 0.05) is 18.3 Å². The van der Waals surface area contributed by atoms with Gasteiger partial charge in [0.25, 0.3) is 11.8 Å². The maximum Gasteiger partial charge on any atom is 0.387 e. The second-order valence-electron chi connectivity index (χ2n) is 4.49. The van der Waals surface area contributed by atoms with Crippen LogP contribution in [0.2, 0.25) is 0 Å². The summed E-state index contributed by atoms with van der Waals surface area (Å²) in [5.74, 6) is -1.14. The molecule has 0 saturated heterocycles. The summed E-state index contributed by atoms with van der Waals surface area (Å²) in [4.78, 5) is 23.8. The quantitative estimate of drug-likeness (QED) is 0.890. The Morgan fingerprint density at radius 3 is 2.48 bits per heavy atom. The molecule has 0 unspecified atom stereocenters. The normalized spacial score (nSPS) is 10.3. The fraction of sp³-hybridized carbons (Fsp3) is 0.125. The monoisotopic (exact) mass is 320 g/mol. The zero-order valence-electron chi connectivity index (χ0n) is 12.2. The van der Waals surface area contributed by atoms with Gasteiger partial charge in [0.2, 0.25) is 0 Å². The molecule has 2 aromatic carbocycles. The molecule has 23 heavy (non-hydrogen) atoms. The third-order valence-electron chi connectivity index (χ3n) is 2.96. The first-order valence-corrected chi connectivity index (χ1v) is 6.68. The van der Waals surface area contributed by atoms with E-state index >= 15 is 0 Å². The first kappa shape index (κ1) is 16.4. The van der Waals surface area contributed by atoms with E-state index in [0.29, 0.717) is 11.3 Å². The minimum atomic E-state index is -3.03. The average molecular weight is 320 g/mol. The van der Waals surface area contributed by atoms with Crippen molar-refractivity contribution in [3.05, 3.63) is 59.7 Å². The summed E-state index contributed by atoms with van der Waals surface area (Å²) in [5, 5.41) is 5.02. The second kappa shape index (κ2) is 7.35. The van der Waals surface area contributed by atoms with Crippen LogP contribution in [0.15, 0.2) is 48.5 Å². The van der Waals surface area contributed by atoms with Crippen LogP contribution >= 0.6 is 0 Å². The van der Waals surface area contributed by atoms with E-state index in [1.165, 1.54) is 37.4 Å². The van der Waals surface area contributed by atoms with E-state index in [-0.39, 0.29) is 17.2 Å². The van der Waals surface area contributed by atoms with Gasteiger partial charge in [-0.3, -0.25) is 9.59 Å². The second-order valence-corrected chi connectivity index (χ2v) is 4.49. The summed E-state index contributed by atoms with van der Waals surface area (Å²) >= 11 is 0. The van der Waals surface area contributed by atoms with Crippen LogP contribution < -0.4 is 15.4 Å². The van der Waals surface area contributed by atoms with Crippen LogP contribution in [0.3, 0.4) is 0 Å². The zero-order chi connectivity index (χ0) is 16.8. The van der Waals surface area contributed by atoms with Gasteiger partial charge in [0.15, 0.2) is 0 Å². The minimum Gasteiger partial charge on any atom is -0.434 e. The Morgan fingerprint density at radius 1 is 1.04 bits per heavy atom. The van der Waals surface area contributed by atoms with Crippen molar-refractivity contribution in [1.29, 1.82) is 0 Å². The van der Waals surface area contributed by atoms with Crippen molar-refractivity contribution in [2.45, 2.75) is 6.61 Å². The molecular formula is C16H14F2N2O3. The van der Waals surface area contributed by atoms with E-state index in [2.05, 4.69) is 15.4 Å². The van der Waals surface area contributed by atoms with Crippen molar-refractivity contribution < 1.29 is 23.1 Å².